The Morgan fingerprint density at radius 1 is 0.792 bits per heavy atom. The van der Waals surface area contributed by atoms with Gasteiger partial charge in [0.25, 0.3) is 0 Å². The molecule has 3 aromatic rings. The predicted octanol–water partition coefficient (Wildman–Crippen LogP) is 2.35. The van der Waals surface area contributed by atoms with Crippen LogP contribution < -0.4 is 9.13 Å². The lowest BCUT2D eigenvalue weighted by molar-refractivity contribution is -0.757. The minimum Gasteiger partial charge on any atom is -0.315 e. The van der Waals surface area contributed by atoms with Crippen LogP contribution in [0.4, 0.5) is 0 Å². The molecule has 0 N–H and O–H groups in total. The zero-order valence-electron chi connectivity index (χ0n) is 15.3. The van der Waals surface area contributed by atoms with Crippen molar-refractivity contribution in [2.45, 2.75) is 52.6 Å². The number of rotatable bonds is 2. The summed E-state index contributed by atoms with van der Waals surface area (Å²) in [5.41, 5.74) is -0.00929. The van der Waals surface area contributed by atoms with E-state index in [1.165, 1.54) is 0 Å². The van der Waals surface area contributed by atoms with E-state index in [0.717, 1.165) is 11.6 Å². The Hall–Kier alpha value is -2.43. The molecule has 3 heterocycles. The van der Waals surface area contributed by atoms with Crippen molar-refractivity contribution in [3.05, 3.63) is 55.6 Å². The smallest absolute Gasteiger partial charge is 0.244 e. The van der Waals surface area contributed by atoms with Crippen molar-refractivity contribution in [3.63, 3.8) is 0 Å². The van der Waals surface area contributed by atoms with Gasteiger partial charge in [-0.05, 0) is 53.7 Å². The molecular weight excluding hydrogens is 298 g/mol. The van der Waals surface area contributed by atoms with Gasteiger partial charge in [-0.15, -0.1) is 0 Å². The highest BCUT2D eigenvalue weighted by atomic mass is 15.2. The van der Waals surface area contributed by atoms with Crippen LogP contribution in [0.1, 0.15) is 41.5 Å². The van der Waals surface area contributed by atoms with Crippen molar-refractivity contribution in [1.29, 1.82) is 0 Å². The quantitative estimate of drug-likeness (QED) is 0.526. The van der Waals surface area contributed by atoms with Gasteiger partial charge in [-0.25, -0.2) is 0 Å². The van der Waals surface area contributed by atoms with Crippen molar-refractivity contribution >= 4 is 0 Å². The zero-order valence-corrected chi connectivity index (χ0v) is 15.3. The largest absolute Gasteiger partial charge is 0.315 e. The van der Waals surface area contributed by atoms with E-state index in [0.29, 0.717) is 0 Å². The standard InChI is InChI=1S/C19H25N5/c1-18(2,3)23-12-10-21(14-23)16-8-7-9-17(20-16)22-11-13-24(15-22)19(4,5)6/h7-13H,1-6H3. The van der Waals surface area contributed by atoms with Crippen LogP contribution >= 0.6 is 0 Å². The molecule has 0 unspecified atom stereocenters. The molecule has 3 aromatic heterocycles. The van der Waals surface area contributed by atoms with Crippen LogP contribution in [0.25, 0.3) is 11.6 Å². The Morgan fingerprint density at radius 3 is 1.54 bits per heavy atom. The second kappa shape index (κ2) is 5.58. The van der Waals surface area contributed by atoms with Gasteiger partial charge < -0.3 is 18.3 Å². The van der Waals surface area contributed by atoms with E-state index >= 15 is 0 Å². The van der Waals surface area contributed by atoms with Crippen molar-refractivity contribution in [2.24, 2.45) is 0 Å². The van der Waals surface area contributed by atoms with E-state index in [1.807, 2.05) is 52.1 Å². The molecule has 0 fully saturated rings. The lowest BCUT2D eigenvalue weighted by atomic mass is 10.1. The maximum atomic E-state index is 4.74. The summed E-state index contributed by atoms with van der Waals surface area (Å²) in [4.78, 5) is 4.74. The third kappa shape index (κ3) is 3.25. The van der Waals surface area contributed by atoms with Gasteiger partial charge in [0.2, 0.25) is 12.7 Å². The Morgan fingerprint density at radius 2 is 1.21 bits per heavy atom. The number of pyridine rings is 1. The van der Waals surface area contributed by atoms with Crippen LogP contribution in [0.2, 0.25) is 0 Å². The monoisotopic (exact) mass is 323 g/mol. The average molecular weight is 323 g/mol. The van der Waals surface area contributed by atoms with Crippen molar-refractivity contribution in [3.8, 4) is 11.6 Å². The number of aromatic nitrogens is 5. The fourth-order valence-corrected chi connectivity index (χ4v) is 2.32. The molecule has 3 rings (SSSR count). The number of hydrogen-bond donors (Lipinski definition) is 0. The predicted molar refractivity (Wildman–Crippen MR) is 90.9 cm³/mol. The van der Waals surface area contributed by atoms with Crippen LogP contribution in [0.15, 0.2) is 43.0 Å². The highest BCUT2D eigenvalue weighted by Crippen LogP contribution is 2.11. The molecular formula is C19H25N5. The third-order valence-electron chi connectivity index (χ3n) is 3.82. The van der Waals surface area contributed by atoms with E-state index < -0.39 is 0 Å². The maximum Gasteiger partial charge on any atom is 0.244 e. The van der Waals surface area contributed by atoms with Gasteiger partial charge in [0, 0.05) is 24.8 Å². The van der Waals surface area contributed by atoms with Gasteiger partial charge in [0.05, 0.1) is 11.1 Å². The second-order valence-electron chi connectivity index (χ2n) is 7.97. The lowest BCUT2D eigenvalue weighted by Gasteiger charge is -2.17. The van der Waals surface area contributed by atoms with Gasteiger partial charge in [-0.2, -0.15) is 0 Å². The van der Waals surface area contributed by atoms with Gasteiger partial charge >= 0.3 is 0 Å². The molecule has 24 heavy (non-hydrogen) atoms. The van der Waals surface area contributed by atoms with Crippen LogP contribution in [-0.4, -0.2) is 14.1 Å². The van der Waals surface area contributed by atoms with E-state index in [1.54, 1.807) is 0 Å². The molecule has 0 atom stereocenters. The van der Waals surface area contributed by atoms with E-state index in [2.05, 4.69) is 63.3 Å². The van der Waals surface area contributed by atoms with E-state index in [4.69, 9.17) is 4.98 Å². The normalized spacial score (nSPS) is 12.6. The van der Waals surface area contributed by atoms with Crippen LogP contribution in [0.3, 0.4) is 0 Å². The summed E-state index contributed by atoms with van der Waals surface area (Å²) >= 11 is 0. The third-order valence-corrected chi connectivity index (χ3v) is 3.82. The van der Waals surface area contributed by atoms with E-state index in [-0.39, 0.29) is 11.1 Å². The van der Waals surface area contributed by atoms with Crippen molar-refractivity contribution in [2.75, 3.05) is 0 Å². The average Bonchev–Trinajstić information content (AvgIpc) is 3.16. The summed E-state index contributed by atoms with van der Waals surface area (Å²) in [7, 11) is 0. The Bertz CT molecular complexity index is 776. The maximum absolute atomic E-state index is 4.74. The van der Waals surface area contributed by atoms with Crippen LogP contribution in [0.5, 0.6) is 0 Å². The molecule has 0 aliphatic rings. The van der Waals surface area contributed by atoms with Crippen molar-refractivity contribution < 1.29 is 9.13 Å². The molecule has 0 aliphatic carbocycles. The molecule has 126 valence electrons. The Balaban J connectivity index is 1.95. The SMILES string of the molecule is CC(C)(C)[n+]1[c-]n(-c2cccc(-n3[c-][n+](C(C)(C)C)cc3)n2)cc1. The van der Waals surface area contributed by atoms with Gasteiger partial charge in [-0.3, -0.25) is 4.98 Å². The number of nitrogens with zero attached hydrogens (tertiary/aromatic N) is 5. The Kier molecular flexibility index (Phi) is 3.82. The summed E-state index contributed by atoms with van der Waals surface area (Å²) in [5, 5.41) is 0. The number of imidazole rings is 2. The van der Waals surface area contributed by atoms with Gasteiger partial charge in [-0.1, -0.05) is 6.07 Å². The second-order valence-corrected chi connectivity index (χ2v) is 7.97. The van der Waals surface area contributed by atoms with E-state index in [9.17, 15) is 0 Å². The zero-order chi connectivity index (χ0) is 17.5. The molecule has 0 saturated heterocycles. The van der Waals surface area contributed by atoms with Gasteiger partial charge in [0.15, 0.2) is 0 Å². The topological polar surface area (TPSA) is 30.5 Å². The summed E-state index contributed by atoms with van der Waals surface area (Å²) < 4.78 is 7.93. The summed E-state index contributed by atoms with van der Waals surface area (Å²) in [6, 6.07) is 5.96. The lowest BCUT2D eigenvalue weighted by Crippen LogP contribution is -2.48. The molecule has 5 heteroatoms. The Labute approximate surface area is 143 Å². The summed E-state index contributed by atoms with van der Waals surface area (Å²) in [6.45, 7) is 12.9. The molecule has 0 aliphatic heterocycles. The molecule has 0 radical (unpaired) electrons. The minimum atomic E-state index is -0.00465. The molecule has 0 bridgehead atoms. The fraction of sp³-hybridized carbons (Fsp3) is 0.421. The molecule has 0 saturated carbocycles. The van der Waals surface area contributed by atoms with Gasteiger partial charge in [0.1, 0.15) is 11.6 Å². The number of hydrogen-bond acceptors (Lipinski definition) is 1. The summed E-state index contributed by atoms with van der Waals surface area (Å²) in [5.74, 6) is 1.67. The first-order valence-electron chi connectivity index (χ1n) is 8.18. The van der Waals surface area contributed by atoms with Crippen molar-refractivity contribution in [1.82, 2.24) is 14.1 Å². The minimum absolute atomic E-state index is 0.00465. The molecule has 0 spiro atoms. The molecule has 0 amide bonds. The first-order valence-corrected chi connectivity index (χ1v) is 8.18. The first kappa shape index (κ1) is 16.4. The van der Waals surface area contributed by atoms with Crippen LogP contribution in [0, 0.1) is 12.7 Å². The first-order chi connectivity index (χ1) is 11.1. The highest BCUT2D eigenvalue weighted by Gasteiger charge is 2.17. The van der Waals surface area contributed by atoms with Crippen LogP contribution in [-0.2, 0) is 11.1 Å². The molecule has 5 nitrogen and oxygen atoms in total. The molecule has 0 aromatic carbocycles. The fourth-order valence-electron chi connectivity index (χ4n) is 2.32. The summed E-state index contributed by atoms with van der Waals surface area (Å²) in [6.07, 6.45) is 14.6. The highest BCUT2D eigenvalue weighted by molar-refractivity contribution is 5.31.